The highest BCUT2D eigenvalue weighted by Gasteiger charge is 2.31. The van der Waals surface area contributed by atoms with Gasteiger partial charge in [-0.05, 0) is 36.8 Å². The van der Waals surface area contributed by atoms with Gasteiger partial charge >= 0.3 is 6.36 Å². The summed E-state index contributed by atoms with van der Waals surface area (Å²) >= 11 is 0. The highest BCUT2D eigenvalue weighted by atomic mass is 19.4. The highest BCUT2D eigenvalue weighted by molar-refractivity contribution is 5.82. The second kappa shape index (κ2) is 5.46. The number of halogens is 3. The van der Waals surface area contributed by atoms with Gasteiger partial charge in [0.2, 0.25) is 5.43 Å². The third-order valence-corrected chi connectivity index (χ3v) is 3.31. The fourth-order valence-electron chi connectivity index (χ4n) is 2.30. The lowest BCUT2D eigenvalue weighted by atomic mass is 10.0. The molecule has 0 unspecified atom stereocenters. The Bertz CT molecular complexity index is 926. The Morgan fingerprint density at radius 1 is 1.09 bits per heavy atom. The molecule has 23 heavy (non-hydrogen) atoms. The van der Waals surface area contributed by atoms with Gasteiger partial charge in [0.25, 0.3) is 0 Å². The van der Waals surface area contributed by atoms with Crippen LogP contribution in [0, 0.1) is 6.92 Å². The predicted molar refractivity (Wildman–Crippen MR) is 79.3 cm³/mol. The Hall–Kier alpha value is -2.76. The average Bonchev–Trinajstić information content (AvgIpc) is 2.47. The Balaban J connectivity index is 2.12. The number of alkyl halides is 3. The fourth-order valence-corrected chi connectivity index (χ4v) is 2.30. The van der Waals surface area contributed by atoms with Crippen molar-refractivity contribution in [2.24, 2.45) is 0 Å². The molecule has 0 aliphatic rings. The van der Waals surface area contributed by atoms with Crippen molar-refractivity contribution in [1.82, 2.24) is 0 Å². The van der Waals surface area contributed by atoms with E-state index < -0.39 is 12.1 Å². The largest absolute Gasteiger partial charge is 0.573 e. The second-order valence-electron chi connectivity index (χ2n) is 5.05. The summed E-state index contributed by atoms with van der Waals surface area (Å²) in [6, 6.07) is 10.4. The first-order chi connectivity index (χ1) is 10.8. The zero-order valence-corrected chi connectivity index (χ0v) is 12.0. The molecule has 0 saturated carbocycles. The van der Waals surface area contributed by atoms with E-state index >= 15 is 0 Å². The molecule has 0 bridgehead atoms. The van der Waals surface area contributed by atoms with Gasteiger partial charge in [-0.1, -0.05) is 23.8 Å². The van der Waals surface area contributed by atoms with Crippen LogP contribution in [0.1, 0.15) is 5.56 Å². The minimum Gasteiger partial charge on any atom is -0.463 e. The summed E-state index contributed by atoms with van der Waals surface area (Å²) < 4.78 is 46.2. The fraction of sp³-hybridized carbons (Fsp3) is 0.118. The first kappa shape index (κ1) is 15.1. The van der Waals surface area contributed by atoms with Crippen molar-refractivity contribution < 1.29 is 22.3 Å². The van der Waals surface area contributed by atoms with Crippen LogP contribution in [0.15, 0.2) is 57.9 Å². The van der Waals surface area contributed by atoms with E-state index in [0.717, 1.165) is 11.6 Å². The molecular weight excluding hydrogens is 309 g/mol. The van der Waals surface area contributed by atoms with Gasteiger partial charge in [0.1, 0.15) is 17.6 Å². The molecule has 0 amide bonds. The molecule has 118 valence electrons. The number of fused-ring (bicyclic) bond motifs is 1. The summed E-state index contributed by atoms with van der Waals surface area (Å²) in [7, 11) is 0. The zero-order valence-electron chi connectivity index (χ0n) is 12.0. The molecule has 1 aromatic heterocycles. The third-order valence-electron chi connectivity index (χ3n) is 3.31. The smallest absolute Gasteiger partial charge is 0.463 e. The molecule has 0 fully saturated rings. The number of hydrogen-bond acceptors (Lipinski definition) is 3. The lowest BCUT2D eigenvalue weighted by molar-refractivity contribution is -0.274. The van der Waals surface area contributed by atoms with Crippen LogP contribution in [-0.4, -0.2) is 6.36 Å². The van der Waals surface area contributed by atoms with Gasteiger partial charge in [-0.2, -0.15) is 0 Å². The van der Waals surface area contributed by atoms with E-state index in [9.17, 15) is 18.0 Å². The molecular formula is C17H11F3O3. The van der Waals surface area contributed by atoms with E-state index in [0.29, 0.717) is 16.5 Å². The topological polar surface area (TPSA) is 39.4 Å². The maximum atomic E-state index is 12.6. The van der Waals surface area contributed by atoms with E-state index in [2.05, 4.69) is 4.74 Å². The van der Waals surface area contributed by atoms with Crippen molar-refractivity contribution in [1.29, 1.82) is 0 Å². The normalized spacial score (nSPS) is 11.7. The minimum absolute atomic E-state index is 0.177. The third kappa shape index (κ3) is 3.21. The van der Waals surface area contributed by atoms with Crippen LogP contribution in [0.4, 0.5) is 13.2 Å². The maximum Gasteiger partial charge on any atom is 0.573 e. The second-order valence-corrected chi connectivity index (χ2v) is 5.05. The number of hydrogen-bond donors (Lipinski definition) is 0. The van der Waals surface area contributed by atoms with Crippen LogP contribution in [0.3, 0.4) is 0 Å². The quantitative estimate of drug-likeness (QED) is 0.689. The van der Waals surface area contributed by atoms with Crippen molar-refractivity contribution in [2.45, 2.75) is 13.3 Å². The first-order valence-electron chi connectivity index (χ1n) is 6.72. The zero-order chi connectivity index (χ0) is 16.6. The first-order valence-corrected chi connectivity index (χ1v) is 6.72. The van der Waals surface area contributed by atoms with E-state index in [1.165, 1.54) is 24.5 Å². The molecule has 2 aromatic carbocycles. The van der Waals surface area contributed by atoms with Gasteiger partial charge in [0.15, 0.2) is 0 Å². The van der Waals surface area contributed by atoms with Gasteiger partial charge in [0, 0.05) is 0 Å². The van der Waals surface area contributed by atoms with Crippen LogP contribution < -0.4 is 10.2 Å². The number of rotatable bonds is 2. The van der Waals surface area contributed by atoms with Gasteiger partial charge in [-0.25, -0.2) is 0 Å². The van der Waals surface area contributed by atoms with Crippen molar-refractivity contribution in [2.75, 3.05) is 0 Å². The number of benzene rings is 2. The van der Waals surface area contributed by atoms with Gasteiger partial charge in [-0.3, -0.25) is 4.79 Å². The predicted octanol–water partition coefficient (Wildman–Crippen LogP) is 4.67. The van der Waals surface area contributed by atoms with Gasteiger partial charge < -0.3 is 9.15 Å². The monoisotopic (exact) mass is 320 g/mol. The average molecular weight is 320 g/mol. The lowest BCUT2D eigenvalue weighted by Gasteiger charge is -2.10. The molecule has 0 N–H and O–H groups in total. The van der Waals surface area contributed by atoms with Crippen LogP contribution in [0.2, 0.25) is 0 Å². The van der Waals surface area contributed by atoms with Crippen LogP contribution in [0.25, 0.3) is 22.1 Å². The molecule has 6 heteroatoms. The molecule has 0 atom stereocenters. The van der Waals surface area contributed by atoms with E-state index in [-0.39, 0.29) is 11.0 Å². The standard InChI is InChI=1S/C17H11F3O3/c1-10-5-6-15-13(7-10)16(21)14(9-22-15)11-3-2-4-12(8-11)23-17(18,19)20/h2-9H,1H3. The van der Waals surface area contributed by atoms with Crippen LogP contribution >= 0.6 is 0 Å². The molecule has 3 nitrogen and oxygen atoms in total. The van der Waals surface area contributed by atoms with Crippen molar-refractivity contribution in [3.05, 3.63) is 64.5 Å². The summed E-state index contributed by atoms with van der Waals surface area (Å²) in [5.41, 5.74) is 1.47. The molecule has 0 saturated heterocycles. The molecule has 1 heterocycles. The van der Waals surface area contributed by atoms with E-state index in [1.54, 1.807) is 12.1 Å². The molecule has 0 spiro atoms. The SMILES string of the molecule is Cc1ccc2occ(-c3cccc(OC(F)(F)F)c3)c(=O)c2c1. The maximum absolute atomic E-state index is 12.6. The summed E-state index contributed by atoms with van der Waals surface area (Å²) in [5, 5.41) is 0.379. The molecule has 3 rings (SSSR count). The summed E-state index contributed by atoms with van der Waals surface area (Å²) in [4.78, 5) is 12.6. The van der Waals surface area contributed by atoms with Gasteiger partial charge in [0.05, 0.1) is 10.9 Å². The minimum atomic E-state index is -4.79. The number of aryl methyl sites for hydroxylation is 1. The highest BCUT2D eigenvalue weighted by Crippen LogP contribution is 2.27. The number of ether oxygens (including phenoxy) is 1. The molecule has 0 radical (unpaired) electrons. The Morgan fingerprint density at radius 2 is 1.87 bits per heavy atom. The molecule has 0 aliphatic heterocycles. The summed E-state index contributed by atoms with van der Waals surface area (Å²) in [6.07, 6.45) is -3.55. The van der Waals surface area contributed by atoms with Crippen LogP contribution in [-0.2, 0) is 0 Å². The van der Waals surface area contributed by atoms with Gasteiger partial charge in [-0.15, -0.1) is 13.2 Å². The van der Waals surface area contributed by atoms with E-state index in [4.69, 9.17) is 4.42 Å². The molecule has 0 aliphatic carbocycles. The summed E-state index contributed by atoms with van der Waals surface area (Å²) in [5.74, 6) is -0.390. The van der Waals surface area contributed by atoms with Crippen molar-refractivity contribution in [3.63, 3.8) is 0 Å². The summed E-state index contributed by atoms with van der Waals surface area (Å²) in [6.45, 7) is 1.84. The lowest BCUT2D eigenvalue weighted by Crippen LogP contribution is -2.17. The van der Waals surface area contributed by atoms with E-state index in [1.807, 2.05) is 13.0 Å². The van der Waals surface area contributed by atoms with Crippen LogP contribution in [0.5, 0.6) is 5.75 Å². The Morgan fingerprint density at radius 3 is 2.61 bits per heavy atom. The Labute approximate surface area is 128 Å². The van der Waals surface area contributed by atoms with Crippen molar-refractivity contribution >= 4 is 11.0 Å². The Kier molecular flexibility index (Phi) is 3.60. The molecule has 3 aromatic rings. The van der Waals surface area contributed by atoms with Crippen molar-refractivity contribution in [3.8, 4) is 16.9 Å².